The van der Waals surface area contributed by atoms with Crippen molar-refractivity contribution in [2.75, 3.05) is 26.3 Å². The lowest BCUT2D eigenvalue weighted by atomic mass is 10.1. The fraction of sp³-hybridized carbons (Fsp3) is 0.500. The van der Waals surface area contributed by atoms with Gasteiger partial charge in [-0.3, -0.25) is 9.69 Å². The Bertz CT molecular complexity index is 844. The van der Waals surface area contributed by atoms with Crippen LogP contribution in [0.3, 0.4) is 0 Å². The molecule has 27 heavy (non-hydrogen) atoms. The van der Waals surface area contributed by atoms with Crippen molar-refractivity contribution in [1.82, 2.24) is 14.7 Å². The Morgan fingerprint density at radius 3 is 2.63 bits per heavy atom. The van der Waals surface area contributed by atoms with Crippen molar-refractivity contribution >= 4 is 0 Å². The molecule has 0 aliphatic carbocycles. The highest BCUT2D eigenvalue weighted by atomic mass is 19.1. The molecule has 2 heterocycles. The molecular weight excluding hydrogens is 347 g/mol. The number of benzene rings is 1. The second-order valence-electron chi connectivity index (χ2n) is 7.33. The Kier molecular flexibility index (Phi) is 6.36. The molecule has 1 aromatic carbocycles. The highest BCUT2D eigenvalue weighted by Crippen LogP contribution is 2.21. The molecule has 2 aromatic rings. The van der Waals surface area contributed by atoms with E-state index >= 15 is 0 Å². The Morgan fingerprint density at radius 1 is 1.22 bits per heavy atom. The maximum atomic E-state index is 13.8. The maximum Gasteiger partial charge on any atom is 0.271 e. The molecule has 1 saturated heterocycles. The van der Waals surface area contributed by atoms with E-state index in [1.807, 2.05) is 19.9 Å². The molecule has 3 rings (SSSR count). The van der Waals surface area contributed by atoms with Gasteiger partial charge in [-0.1, -0.05) is 13.8 Å². The van der Waals surface area contributed by atoms with Crippen molar-refractivity contribution in [3.8, 4) is 11.3 Å². The van der Waals surface area contributed by atoms with Gasteiger partial charge in [0.1, 0.15) is 5.82 Å². The van der Waals surface area contributed by atoms with Crippen molar-refractivity contribution in [3.05, 3.63) is 51.6 Å². The number of morpholine rings is 1. The van der Waals surface area contributed by atoms with Gasteiger partial charge in [0.05, 0.1) is 18.9 Å². The first kappa shape index (κ1) is 19.7. The van der Waals surface area contributed by atoms with Crippen LogP contribution in [0.25, 0.3) is 11.3 Å². The van der Waals surface area contributed by atoms with Gasteiger partial charge in [0, 0.05) is 49.4 Å². The summed E-state index contributed by atoms with van der Waals surface area (Å²) >= 11 is 0. The van der Waals surface area contributed by atoms with Gasteiger partial charge in [0.25, 0.3) is 5.56 Å². The van der Waals surface area contributed by atoms with Crippen LogP contribution in [0.2, 0.25) is 0 Å². The van der Waals surface area contributed by atoms with Crippen LogP contribution in [-0.2, 0) is 24.4 Å². The van der Waals surface area contributed by atoms with Gasteiger partial charge in [0.15, 0.2) is 0 Å². The molecule has 6 nitrogen and oxygen atoms in total. The molecule has 1 aromatic heterocycles. The second-order valence-corrected chi connectivity index (χ2v) is 7.33. The molecule has 0 amide bonds. The smallest absolute Gasteiger partial charge is 0.271 e. The van der Waals surface area contributed by atoms with Gasteiger partial charge in [-0.05, 0) is 30.2 Å². The molecule has 0 unspecified atom stereocenters. The van der Waals surface area contributed by atoms with E-state index in [0.717, 1.165) is 18.7 Å². The predicted molar refractivity (Wildman–Crippen MR) is 103 cm³/mol. The van der Waals surface area contributed by atoms with Gasteiger partial charge in [-0.2, -0.15) is 5.10 Å². The average molecular weight is 374 g/mol. The van der Waals surface area contributed by atoms with Crippen LogP contribution >= 0.6 is 0 Å². The number of rotatable bonds is 6. The molecule has 0 atom stereocenters. The zero-order valence-corrected chi connectivity index (χ0v) is 15.9. The van der Waals surface area contributed by atoms with Gasteiger partial charge >= 0.3 is 0 Å². The first-order chi connectivity index (χ1) is 13.0. The lowest BCUT2D eigenvalue weighted by molar-refractivity contribution is 0.0339. The lowest BCUT2D eigenvalue weighted by Crippen LogP contribution is -2.38. The number of nitrogens with zero attached hydrogens (tertiary/aromatic N) is 3. The SMILES string of the molecule is CC(C)Cn1nc(-c2ccc(F)c(CN)c2)cc(CN2CCOCC2)c1=O. The van der Waals surface area contributed by atoms with Gasteiger partial charge in [0.2, 0.25) is 0 Å². The second kappa shape index (κ2) is 8.73. The molecule has 0 bridgehead atoms. The number of hydrogen-bond donors (Lipinski definition) is 1. The fourth-order valence-electron chi connectivity index (χ4n) is 3.21. The van der Waals surface area contributed by atoms with E-state index in [4.69, 9.17) is 10.5 Å². The van der Waals surface area contributed by atoms with E-state index in [9.17, 15) is 9.18 Å². The quantitative estimate of drug-likeness (QED) is 0.837. The topological polar surface area (TPSA) is 73.4 Å². The summed E-state index contributed by atoms with van der Waals surface area (Å²) in [6.07, 6.45) is 0. The summed E-state index contributed by atoms with van der Waals surface area (Å²) in [7, 11) is 0. The van der Waals surface area contributed by atoms with Crippen molar-refractivity contribution in [3.63, 3.8) is 0 Å². The van der Waals surface area contributed by atoms with Crippen LogP contribution < -0.4 is 11.3 Å². The van der Waals surface area contributed by atoms with Crippen LogP contribution in [0.5, 0.6) is 0 Å². The zero-order chi connectivity index (χ0) is 19.4. The summed E-state index contributed by atoms with van der Waals surface area (Å²) in [6.45, 7) is 8.26. The van der Waals surface area contributed by atoms with Crippen LogP contribution in [0.4, 0.5) is 4.39 Å². The van der Waals surface area contributed by atoms with Crippen LogP contribution in [0.1, 0.15) is 25.0 Å². The monoisotopic (exact) mass is 374 g/mol. The van der Waals surface area contributed by atoms with Crippen LogP contribution in [-0.4, -0.2) is 41.0 Å². The molecule has 0 radical (unpaired) electrons. The number of aromatic nitrogens is 2. The van der Waals surface area contributed by atoms with E-state index in [1.54, 1.807) is 12.1 Å². The minimum Gasteiger partial charge on any atom is -0.379 e. The number of ether oxygens (including phenoxy) is 1. The minimum absolute atomic E-state index is 0.0694. The third kappa shape index (κ3) is 4.80. The van der Waals surface area contributed by atoms with E-state index in [0.29, 0.717) is 43.1 Å². The summed E-state index contributed by atoms with van der Waals surface area (Å²) in [5.41, 5.74) is 8.12. The Morgan fingerprint density at radius 2 is 1.96 bits per heavy atom. The highest BCUT2D eigenvalue weighted by molar-refractivity contribution is 5.60. The summed E-state index contributed by atoms with van der Waals surface area (Å²) in [5.74, 6) is -0.0419. The first-order valence-corrected chi connectivity index (χ1v) is 9.38. The average Bonchev–Trinajstić information content (AvgIpc) is 2.65. The van der Waals surface area contributed by atoms with Crippen molar-refractivity contribution in [2.45, 2.75) is 33.5 Å². The van der Waals surface area contributed by atoms with E-state index < -0.39 is 0 Å². The molecule has 0 saturated carbocycles. The third-order valence-corrected chi connectivity index (χ3v) is 4.65. The van der Waals surface area contributed by atoms with Crippen LogP contribution in [0.15, 0.2) is 29.1 Å². The number of hydrogen-bond acceptors (Lipinski definition) is 5. The van der Waals surface area contributed by atoms with E-state index in [2.05, 4.69) is 10.00 Å². The Labute approximate surface area is 158 Å². The van der Waals surface area contributed by atoms with Crippen molar-refractivity contribution < 1.29 is 9.13 Å². The third-order valence-electron chi connectivity index (χ3n) is 4.65. The molecule has 2 N–H and O–H groups in total. The first-order valence-electron chi connectivity index (χ1n) is 9.38. The molecule has 1 aliphatic heterocycles. The van der Waals surface area contributed by atoms with Gasteiger partial charge < -0.3 is 10.5 Å². The lowest BCUT2D eigenvalue weighted by Gasteiger charge is -2.26. The minimum atomic E-state index is -0.328. The maximum absolute atomic E-state index is 13.8. The summed E-state index contributed by atoms with van der Waals surface area (Å²) in [6, 6.07) is 6.61. The van der Waals surface area contributed by atoms with Gasteiger partial charge in [-0.25, -0.2) is 9.07 Å². The number of halogens is 1. The standard InChI is InChI=1S/C20H27FN4O2/c1-14(2)12-25-20(26)17(13-24-5-7-27-8-6-24)10-19(23-25)15-3-4-18(21)16(9-15)11-22/h3-4,9-10,14H,5-8,11-13,22H2,1-2H3. The molecule has 146 valence electrons. The summed E-state index contributed by atoms with van der Waals surface area (Å²) in [5, 5.41) is 4.54. The molecule has 7 heteroatoms. The Balaban J connectivity index is 2.02. The Hall–Kier alpha value is -2.09. The molecule has 1 fully saturated rings. The van der Waals surface area contributed by atoms with Gasteiger partial charge in [-0.15, -0.1) is 0 Å². The fourth-order valence-corrected chi connectivity index (χ4v) is 3.21. The largest absolute Gasteiger partial charge is 0.379 e. The molecular formula is C20H27FN4O2. The predicted octanol–water partition coefficient (Wildman–Crippen LogP) is 2.00. The normalized spacial score (nSPS) is 15.4. The highest BCUT2D eigenvalue weighted by Gasteiger charge is 2.17. The molecule has 0 spiro atoms. The summed E-state index contributed by atoms with van der Waals surface area (Å²) in [4.78, 5) is 15.1. The summed E-state index contributed by atoms with van der Waals surface area (Å²) < 4.78 is 20.7. The van der Waals surface area contributed by atoms with Crippen LogP contribution in [0, 0.1) is 11.7 Å². The molecule has 1 aliphatic rings. The number of nitrogens with two attached hydrogens (primary N) is 1. The van der Waals surface area contributed by atoms with E-state index in [-0.39, 0.29) is 23.8 Å². The zero-order valence-electron chi connectivity index (χ0n) is 15.9. The van der Waals surface area contributed by atoms with Crippen molar-refractivity contribution in [2.24, 2.45) is 11.7 Å². The van der Waals surface area contributed by atoms with Crippen molar-refractivity contribution in [1.29, 1.82) is 0 Å². The van der Waals surface area contributed by atoms with E-state index in [1.165, 1.54) is 10.7 Å².